The van der Waals surface area contributed by atoms with Gasteiger partial charge >= 0.3 is 0 Å². The fourth-order valence-corrected chi connectivity index (χ4v) is 18.9. The maximum Gasteiger partial charge on any atom is 0.0817 e. The monoisotopic (exact) mass is 578 g/mol. The van der Waals surface area contributed by atoms with Gasteiger partial charge in [-0.2, -0.15) is 0 Å². The van der Waals surface area contributed by atoms with E-state index in [1.165, 1.54) is 35.1 Å². The number of allylic oxidation sites excluding steroid dienone is 2. The minimum Gasteiger partial charge on any atom is -0.374 e. The Morgan fingerprint density at radius 1 is 0.512 bits per heavy atom. The van der Waals surface area contributed by atoms with Crippen LogP contribution in [0.2, 0.25) is 13.1 Å². The third-order valence-electron chi connectivity index (χ3n) is 13.1. The average molecular weight is 579 g/mol. The number of hydrogen-bond acceptors (Lipinski definition) is 2. The van der Waals surface area contributed by atoms with Crippen molar-refractivity contribution in [3.63, 3.8) is 0 Å². The van der Waals surface area contributed by atoms with E-state index in [1.54, 1.807) is 11.1 Å². The highest BCUT2D eigenvalue weighted by Crippen LogP contribution is 2.83. The molecular weight excluding hydrogens is 541 g/mol. The van der Waals surface area contributed by atoms with Gasteiger partial charge in [0.1, 0.15) is 0 Å². The van der Waals surface area contributed by atoms with Crippen molar-refractivity contribution in [1.82, 2.24) is 0 Å². The van der Waals surface area contributed by atoms with E-state index >= 15 is 0 Å². The average Bonchev–Trinajstić information content (AvgIpc) is 3.89. The molecule has 43 heavy (non-hydrogen) atoms. The molecule has 2 nitrogen and oxygen atoms in total. The first-order valence-electron chi connectivity index (χ1n) is 16.4. The van der Waals surface area contributed by atoms with Crippen LogP contribution in [0.5, 0.6) is 0 Å². The van der Waals surface area contributed by atoms with Crippen LogP contribution in [0.3, 0.4) is 0 Å². The van der Waals surface area contributed by atoms with Crippen molar-refractivity contribution in [2.75, 3.05) is 0 Å². The molecule has 0 unspecified atom stereocenters. The van der Waals surface area contributed by atoms with Crippen LogP contribution < -0.4 is 0 Å². The Balaban J connectivity index is 1.40. The Labute approximate surface area is 255 Å². The number of hydrogen-bond donors (Lipinski definition) is 0. The van der Waals surface area contributed by atoms with E-state index in [9.17, 15) is 0 Å². The van der Waals surface area contributed by atoms with Gasteiger partial charge in [0.15, 0.2) is 0 Å². The summed E-state index contributed by atoms with van der Waals surface area (Å²) in [6.45, 7) is 5.51. The van der Waals surface area contributed by atoms with Crippen LogP contribution in [-0.2, 0) is 19.6 Å². The maximum absolute atomic E-state index is 7.44. The fourth-order valence-electron chi connectivity index (χ4n) is 12.3. The normalized spacial score (nSPS) is 40.7. The molecular formula is C40H38O2Si. The first-order chi connectivity index (χ1) is 21.1. The smallest absolute Gasteiger partial charge is 0.0817 e. The summed E-state index contributed by atoms with van der Waals surface area (Å²) in [5.74, 6) is 1.90. The van der Waals surface area contributed by atoms with Crippen molar-refractivity contribution in [2.45, 2.75) is 60.4 Å². The Bertz CT molecular complexity index is 1620. The molecule has 0 saturated carbocycles. The Morgan fingerprint density at radius 3 is 1.28 bits per heavy atom. The molecule has 0 aliphatic carbocycles. The Kier molecular flexibility index (Phi) is 4.95. The third kappa shape index (κ3) is 2.68. The molecule has 10 rings (SSSR count). The Hall–Kier alpha value is -3.24. The van der Waals surface area contributed by atoms with Crippen molar-refractivity contribution >= 4 is 19.2 Å². The summed E-state index contributed by atoms with van der Waals surface area (Å²) in [7, 11) is -2.32. The maximum atomic E-state index is 7.44. The van der Waals surface area contributed by atoms with Crippen LogP contribution in [-0.4, -0.2) is 32.5 Å². The molecule has 214 valence electrons. The van der Waals surface area contributed by atoms with E-state index in [-0.39, 0.29) is 22.3 Å². The van der Waals surface area contributed by atoms with Gasteiger partial charge in [0.05, 0.1) is 32.5 Å². The van der Waals surface area contributed by atoms with Gasteiger partial charge in [-0.1, -0.05) is 134 Å². The van der Waals surface area contributed by atoms with Gasteiger partial charge in [0, 0.05) is 33.7 Å². The molecule has 6 aliphatic heterocycles. The number of rotatable bonds is 4. The van der Waals surface area contributed by atoms with Gasteiger partial charge in [0.25, 0.3) is 0 Å². The van der Waals surface area contributed by atoms with Crippen molar-refractivity contribution in [2.24, 2.45) is 23.7 Å². The molecule has 0 aromatic heterocycles. The van der Waals surface area contributed by atoms with Crippen molar-refractivity contribution in [3.8, 4) is 0 Å². The zero-order chi connectivity index (χ0) is 28.6. The molecule has 0 spiro atoms. The SMILES string of the molecule is C[Si]1(C)[C@]2(c3ccccc3)C(c3ccccc3)=C(c3ccccc3)[C@@]1(c1ccccc1)[C@H]1[C@H]3O[C@H]([C@H]4[C@@H]3[C@@H]3CC[C@H]4O3)[C@H]12. The molecule has 5 saturated heterocycles. The van der Waals surface area contributed by atoms with Crippen LogP contribution in [0.4, 0.5) is 0 Å². The lowest BCUT2D eigenvalue weighted by molar-refractivity contribution is -0.00453. The van der Waals surface area contributed by atoms with E-state index in [2.05, 4.69) is 134 Å². The van der Waals surface area contributed by atoms with Gasteiger partial charge in [-0.3, -0.25) is 0 Å². The summed E-state index contributed by atoms with van der Waals surface area (Å²) in [4.78, 5) is 0. The van der Waals surface area contributed by atoms with Crippen LogP contribution >= 0.6 is 0 Å². The first-order valence-corrected chi connectivity index (χ1v) is 19.4. The van der Waals surface area contributed by atoms with E-state index in [0.29, 0.717) is 35.9 Å². The summed E-state index contributed by atoms with van der Waals surface area (Å²) in [6, 6.07) is 46.3. The van der Waals surface area contributed by atoms with Crippen LogP contribution in [0.15, 0.2) is 121 Å². The van der Waals surface area contributed by atoms with Gasteiger partial charge in [0.2, 0.25) is 0 Å². The molecule has 6 bridgehead atoms. The fraction of sp³-hybridized carbons (Fsp3) is 0.350. The van der Waals surface area contributed by atoms with Crippen molar-refractivity contribution in [3.05, 3.63) is 144 Å². The van der Waals surface area contributed by atoms with E-state index < -0.39 is 8.07 Å². The zero-order valence-corrected chi connectivity index (χ0v) is 25.9. The molecule has 4 aromatic carbocycles. The second-order valence-electron chi connectivity index (χ2n) is 14.5. The standard InChI is InChI=1S/C40H38O2Si/c1-43(2)39(27-19-11-5-12-20-27)33(25-15-7-3-8-16-25)34(26-17-9-4-10-18-26)40(43,28-21-13-6-14-22-28)36-35(39)37-31-29-23-24-30(41-29)32(31)38(36)42-37/h3-22,29-32,35-38H,23-24H2,1-2H3/t29-,30+,31-,32+,35+,36-,37-,38+,39-,40+. The van der Waals surface area contributed by atoms with E-state index in [1.807, 2.05) is 0 Å². The summed E-state index contributed by atoms with van der Waals surface area (Å²) in [6.07, 6.45) is 3.62. The topological polar surface area (TPSA) is 18.5 Å². The molecule has 0 N–H and O–H groups in total. The summed E-state index contributed by atoms with van der Waals surface area (Å²) >= 11 is 0. The minimum atomic E-state index is -2.32. The van der Waals surface area contributed by atoms with E-state index in [0.717, 1.165) is 0 Å². The van der Waals surface area contributed by atoms with Crippen LogP contribution in [0.1, 0.15) is 35.1 Å². The Morgan fingerprint density at radius 2 is 0.884 bits per heavy atom. The number of fused-ring (bicyclic) bond motifs is 16. The van der Waals surface area contributed by atoms with Gasteiger partial charge < -0.3 is 9.47 Å². The highest BCUT2D eigenvalue weighted by molar-refractivity contribution is 6.90. The molecule has 10 atom stereocenters. The van der Waals surface area contributed by atoms with Crippen molar-refractivity contribution < 1.29 is 9.47 Å². The molecule has 6 aliphatic rings. The van der Waals surface area contributed by atoms with Gasteiger partial charge in [-0.15, -0.1) is 0 Å². The highest BCUT2D eigenvalue weighted by atomic mass is 28.3. The number of benzene rings is 4. The van der Waals surface area contributed by atoms with E-state index in [4.69, 9.17) is 9.47 Å². The molecule has 0 amide bonds. The summed E-state index contributed by atoms with van der Waals surface area (Å²) in [5.41, 5.74) is 8.91. The zero-order valence-electron chi connectivity index (χ0n) is 24.9. The second-order valence-corrected chi connectivity index (χ2v) is 19.3. The second kappa shape index (κ2) is 8.47. The quantitative estimate of drug-likeness (QED) is 0.228. The summed E-state index contributed by atoms with van der Waals surface area (Å²) < 4.78 is 14.2. The lowest BCUT2D eigenvalue weighted by atomic mass is 9.50. The largest absolute Gasteiger partial charge is 0.374 e. The lowest BCUT2D eigenvalue weighted by Crippen LogP contribution is -2.58. The third-order valence-corrected chi connectivity index (χ3v) is 18.8. The van der Waals surface area contributed by atoms with Crippen LogP contribution in [0, 0.1) is 23.7 Å². The van der Waals surface area contributed by atoms with Gasteiger partial charge in [-0.05, 0) is 46.2 Å². The first kappa shape index (κ1) is 25.1. The van der Waals surface area contributed by atoms with Crippen LogP contribution in [0.25, 0.3) is 11.1 Å². The summed E-state index contributed by atoms with van der Waals surface area (Å²) in [5, 5.41) is -0.207. The molecule has 4 aromatic rings. The van der Waals surface area contributed by atoms with Gasteiger partial charge in [-0.25, -0.2) is 0 Å². The predicted molar refractivity (Wildman–Crippen MR) is 174 cm³/mol. The number of ether oxygens (including phenoxy) is 2. The van der Waals surface area contributed by atoms with Crippen molar-refractivity contribution in [1.29, 1.82) is 0 Å². The minimum absolute atomic E-state index is 0.104. The lowest BCUT2D eigenvalue weighted by Gasteiger charge is -2.50. The predicted octanol–water partition coefficient (Wildman–Crippen LogP) is 8.09. The molecule has 5 fully saturated rings. The molecule has 6 heterocycles. The molecule has 3 heteroatoms. The highest BCUT2D eigenvalue weighted by Gasteiger charge is 2.88. The molecule has 0 radical (unpaired) electrons.